The first-order chi connectivity index (χ1) is 7.15. The quantitative estimate of drug-likeness (QED) is 0.860. The Morgan fingerprint density at radius 2 is 2.33 bits per heavy atom. The van der Waals surface area contributed by atoms with Gasteiger partial charge in [-0.05, 0) is 24.1 Å². The zero-order chi connectivity index (χ0) is 11.3. The molecule has 1 rings (SSSR count). The van der Waals surface area contributed by atoms with Gasteiger partial charge in [0.25, 0.3) is 0 Å². The van der Waals surface area contributed by atoms with E-state index in [1.54, 1.807) is 6.07 Å². The van der Waals surface area contributed by atoms with Crippen molar-refractivity contribution < 1.29 is 14.3 Å². The molecule has 1 N–H and O–H groups in total. The van der Waals surface area contributed by atoms with Crippen LogP contribution in [0, 0.1) is 5.82 Å². The van der Waals surface area contributed by atoms with Crippen molar-refractivity contribution in [2.45, 2.75) is 12.3 Å². The van der Waals surface area contributed by atoms with E-state index in [2.05, 4.69) is 0 Å². The summed E-state index contributed by atoms with van der Waals surface area (Å²) in [5.41, 5.74) is 1.70. The molecule has 0 fully saturated rings. The largest absolute Gasteiger partial charge is 0.481 e. The summed E-state index contributed by atoms with van der Waals surface area (Å²) in [7, 11) is 0. The molecule has 0 aromatic heterocycles. The zero-order valence-corrected chi connectivity index (χ0v) is 8.62. The van der Waals surface area contributed by atoms with Gasteiger partial charge in [0.15, 0.2) is 0 Å². The van der Waals surface area contributed by atoms with E-state index in [4.69, 9.17) is 16.7 Å². The number of carboxylic acid groups (broad SMARTS) is 1. The molecule has 0 heterocycles. The second-order valence-corrected chi connectivity index (χ2v) is 3.30. The van der Waals surface area contributed by atoms with E-state index >= 15 is 0 Å². The van der Waals surface area contributed by atoms with Gasteiger partial charge in [0.05, 0.1) is 5.92 Å². The minimum atomic E-state index is -0.990. The number of aliphatic carboxylic acids is 1. The summed E-state index contributed by atoms with van der Waals surface area (Å²) in [5.74, 6) is -2.18. The molecule has 0 spiro atoms. The van der Waals surface area contributed by atoms with E-state index in [9.17, 15) is 9.18 Å². The predicted octanol–water partition coefficient (Wildman–Crippen LogP) is 3.14. The average Bonchev–Trinajstić information content (AvgIpc) is 2.18. The molecule has 0 aliphatic rings. The number of allylic oxidation sites excluding steroid dienone is 1. The Balaban J connectivity index is 2.93. The summed E-state index contributed by atoms with van der Waals surface area (Å²) >= 11 is 5.32. The monoisotopic (exact) mass is 228 g/mol. The van der Waals surface area contributed by atoms with Gasteiger partial charge in [0.1, 0.15) is 5.82 Å². The summed E-state index contributed by atoms with van der Waals surface area (Å²) < 4.78 is 12.9. The third-order valence-corrected chi connectivity index (χ3v) is 2.19. The van der Waals surface area contributed by atoms with Gasteiger partial charge < -0.3 is 5.11 Å². The van der Waals surface area contributed by atoms with E-state index in [0.29, 0.717) is 5.56 Å². The van der Waals surface area contributed by atoms with Gasteiger partial charge in [-0.25, -0.2) is 4.39 Å². The first kappa shape index (κ1) is 11.7. The highest BCUT2D eigenvalue weighted by atomic mass is 35.5. The fraction of sp³-hybridized carbons (Fsp3) is 0.182. The Bertz CT molecular complexity index is 377. The Hall–Kier alpha value is -1.35. The van der Waals surface area contributed by atoms with Crippen molar-refractivity contribution in [3.8, 4) is 0 Å². The van der Waals surface area contributed by atoms with Gasteiger partial charge in [0, 0.05) is 5.54 Å². The number of carbonyl (C=O) groups is 1. The lowest BCUT2D eigenvalue weighted by Gasteiger charge is -2.09. The number of rotatable bonds is 4. The van der Waals surface area contributed by atoms with Gasteiger partial charge in [-0.1, -0.05) is 29.8 Å². The molecule has 1 unspecified atom stereocenters. The maximum Gasteiger partial charge on any atom is 0.311 e. The second kappa shape index (κ2) is 5.51. The Morgan fingerprint density at radius 3 is 2.87 bits per heavy atom. The Kier molecular flexibility index (Phi) is 4.31. The van der Waals surface area contributed by atoms with E-state index in [-0.39, 0.29) is 6.42 Å². The fourth-order valence-electron chi connectivity index (χ4n) is 1.29. The SMILES string of the molecule is O=C(O)C(C/C=C/Cl)c1cccc(F)c1. The fourth-order valence-corrected chi connectivity index (χ4v) is 1.39. The predicted molar refractivity (Wildman–Crippen MR) is 56.4 cm³/mol. The van der Waals surface area contributed by atoms with Gasteiger partial charge >= 0.3 is 5.97 Å². The van der Waals surface area contributed by atoms with Crippen LogP contribution >= 0.6 is 11.6 Å². The molecule has 0 saturated carbocycles. The minimum Gasteiger partial charge on any atom is -0.481 e. The van der Waals surface area contributed by atoms with Crippen LogP contribution in [0.4, 0.5) is 4.39 Å². The van der Waals surface area contributed by atoms with Crippen LogP contribution in [-0.4, -0.2) is 11.1 Å². The molecule has 1 aromatic carbocycles. The van der Waals surface area contributed by atoms with Crippen LogP contribution < -0.4 is 0 Å². The molecule has 0 bridgehead atoms. The normalized spacial score (nSPS) is 12.9. The summed E-state index contributed by atoms with van der Waals surface area (Å²) in [4.78, 5) is 10.9. The van der Waals surface area contributed by atoms with Crippen LogP contribution in [0.5, 0.6) is 0 Å². The van der Waals surface area contributed by atoms with Crippen LogP contribution in [0.25, 0.3) is 0 Å². The molecule has 80 valence electrons. The molecular weight excluding hydrogens is 219 g/mol. The number of benzene rings is 1. The van der Waals surface area contributed by atoms with E-state index < -0.39 is 17.7 Å². The van der Waals surface area contributed by atoms with Crippen LogP contribution in [0.3, 0.4) is 0 Å². The molecule has 0 radical (unpaired) electrons. The van der Waals surface area contributed by atoms with E-state index in [0.717, 1.165) is 0 Å². The number of hydrogen-bond acceptors (Lipinski definition) is 1. The first-order valence-electron chi connectivity index (χ1n) is 4.38. The van der Waals surface area contributed by atoms with Crippen molar-refractivity contribution in [1.82, 2.24) is 0 Å². The first-order valence-corrected chi connectivity index (χ1v) is 4.82. The molecule has 4 heteroatoms. The van der Waals surface area contributed by atoms with Crippen molar-refractivity contribution in [2.24, 2.45) is 0 Å². The lowest BCUT2D eigenvalue weighted by atomic mass is 9.96. The van der Waals surface area contributed by atoms with Crippen LogP contribution in [0.15, 0.2) is 35.9 Å². The molecular formula is C11H10ClFO2. The smallest absolute Gasteiger partial charge is 0.311 e. The maximum absolute atomic E-state index is 12.9. The van der Waals surface area contributed by atoms with Crippen molar-refractivity contribution >= 4 is 17.6 Å². The molecule has 15 heavy (non-hydrogen) atoms. The van der Waals surface area contributed by atoms with Crippen LogP contribution in [0.2, 0.25) is 0 Å². The molecule has 1 aromatic rings. The van der Waals surface area contributed by atoms with E-state index in [1.807, 2.05) is 0 Å². The van der Waals surface area contributed by atoms with Crippen LogP contribution in [-0.2, 0) is 4.79 Å². The molecule has 0 saturated heterocycles. The number of carboxylic acids is 1. The van der Waals surface area contributed by atoms with Crippen LogP contribution in [0.1, 0.15) is 17.9 Å². The topological polar surface area (TPSA) is 37.3 Å². The second-order valence-electron chi connectivity index (χ2n) is 3.04. The molecule has 1 atom stereocenters. The lowest BCUT2D eigenvalue weighted by molar-refractivity contribution is -0.138. The van der Waals surface area contributed by atoms with Crippen molar-refractivity contribution in [3.05, 3.63) is 47.3 Å². The van der Waals surface area contributed by atoms with Crippen molar-refractivity contribution in [1.29, 1.82) is 0 Å². The Labute approximate surface area is 92.0 Å². The Morgan fingerprint density at radius 1 is 1.60 bits per heavy atom. The van der Waals surface area contributed by atoms with Gasteiger partial charge in [0.2, 0.25) is 0 Å². The maximum atomic E-state index is 12.9. The summed E-state index contributed by atoms with van der Waals surface area (Å²) in [6, 6.07) is 5.58. The van der Waals surface area contributed by atoms with E-state index in [1.165, 1.54) is 29.8 Å². The third-order valence-electron chi connectivity index (χ3n) is 2.01. The number of halogens is 2. The highest BCUT2D eigenvalue weighted by Crippen LogP contribution is 2.21. The molecule has 0 aliphatic heterocycles. The lowest BCUT2D eigenvalue weighted by Crippen LogP contribution is -2.10. The standard InChI is InChI=1S/C11H10ClFO2/c12-6-2-5-10(11(14)15)8-3-1-4-9(13)7-8/h1-4,6-7,10H,5H2,(H,14,15)/b6-2+. The molecule has 2 nitrogen and oxygen atoms in total. The van der Waals surface area contributed by atoms with Gasteiger partial charge in [-0.15, -0.1) is 0 Å². The number of hydrogen-bond donors (Lipinski definition) is 1. The highest BCUT2D eigenvalue weighted by molar-refractivity contribution is 6.25. The van der Waals surface area contributed by atoms with Gasteiger partial charge in [-0.2, -0.15) is 0 Å². The summed E-state index contributed by atoms with van der Waals surface area (Å²) in [6.07, 6.45) is 1.79. The highest BCUT2D eigenvalue weighted by Gasteiger charge is 2.18. The summed E-state index contributed by atoms with van der Waals surface area (Å²) in [6.45, 7) is 0. The average molecular weight is 229 g/mol. The third kappa shape index (κ3) is 3.36. The zero-order valence-electron chi connectivity index (χ0n) is 7.86. The molecule has 0 aliphatic carbocycles. The van der Waals surface area contributed by atoms with Crippen molar-refractivity contribution in [3.63, 3.8) is 0 Å². The van der Waals surface area contributed by atoms with Gasteiger partial charge in [-0.3, -0.25) is 4.79 Å². The summed E-state index contributed by atoms with van der Waals surface area (Å²) in [5, 5.41) is 8.94. The minimum absolute atomic E-state index is 0.252. The van der Waals surface area contributed by atoms with Crippen molar-refractivity contribution in [2.75, 3.05) is 0 Å². The molecule has 0 amide bonds.